The summed E-state index contributed by atoms with van der Waals surface area (Å²) in [6.45, 7) is 8.49. The van der Waals surface area contributed by atoms with Crippen molar-refractivity contribution < 1.29 is 9.53 Å². The van der Waals surface area contributed by atoms with Crippen molar-refractivity contribution in [3.63, 3.8) is 0 Å². The molecule has 2 aromatic rings. The highest BCUT2D eigenvalue weighted by Gasteiger charge is 2.25. The zero-order valence-corrected chi connectivity index (χ0v) is 14.1. The van der Waals surface area contributed by atoms with E-state index in [1.54, 1.807) is 0 Å². The maximum Gasteiger partial charge on any atom is 0.407 e. The molecule has 1 amide bonds. The van der Waals surface area contributed by atoms with Gasteiger partial charge >= 0.3 is 6.09 Å². The number of nitrogens with two attached hydrogens (primary N) is 1. The fraction of sp³-hybridized carbons (Fsp3) is 0.500. The second kappa shape index (κ2) is 5.89. The molecule has 1 fully saturated rings. The molecule has 3 rings (SSSR count). The van der Waals surface area contributed by atoms with Crippen LogP contribution in [0.4, 0.5) is 4.79 Å². The van der Waals surface area contributed by atoms with Gasteiger partial charge in [-0.1, -0.05) is 19.9 Å². The first-order valence-corrected chi connectivity index (χ1v) is 8.20. The van der Waals surface area contributed by atoms with E-state index in [9.17, 15) is 4.79 Å². The average Bonchev–Trinajstić information content (AvgIpc) is 3.10. The van der Waals surface area contributed by atoms with Gasteiger partial charge in [0.05, 0.1) is 6.04 Å². The van der Waals surface area contributed by atoms with Gasteiger partial charge in [-0.25, -0.2) is 4.79 Å². The minimum absolute atomic E-state index is 0.0548. The first-order chi connectivity index (χ1) is 10.9. The van der Waals surface area contributed by atoms with Gasteiger partial charge in [-0.15, -0.1) is 0 Å². The second-order valence-electron chi connectivity index (χ2n) is 6.91. The molecule has 5 heteroatoms. The highest BCUT2D eigenvalue weighted by atomic mass is 16.6. The Morgan fingerprint density at radius 2 is 2.22 bits per heavy atom. The number of cyclic esters (lactones) is 1. The maximum absolute atomic E-state index is 11.2. The molecule has 0 saturated carbocycles. The Hall–Kier alpha value is -2.01. The van der Waals surface area contributed by atoms with E-state index < -0.39 is 0 Å². The smallest absolute Gasteiger partial charge is 0.407 e. The van der Waals surface area contributed by atoms with Gasteiger partial charge in [-0.3, -0.25) is 0 Å². The number of alkyl carbamates (subject to hydrolysis) is 1. The molecule has 1 aliphatic heterocycles. The van der Waals surface area contributed by atoms with Crippen molar-refractivity contribution in [3.05, 3.63) is 35.5 Å². The van der Waals surface area contributed by atoms with Crippen LogP contribution < -0.4 is 11.1 Å². The largest absolute Gasteiger partial charge is 0.447 e. The summed E-state index contributed by atoms with van der Waals surface area (Å²) < 4.78 is 7.24. The number of aromatic nitrogens is 1. The van der Waals surface area contributed by atoms with E-state index in [1.165, 1.54) is 22.0 Å². The van der Waals surface area contributed by atoms with E-state index in [-0.39, 0.29) is 17.6 Å². The molecule has 0 spiro atoms. The van der Waals surface area contributed by atoms with Gasteiger partial charge in [0.15, 0.2) is 0 Å². The molecule has 124 valence electrons. The summed E-state index contributed by atoms with van der Waals surface area (Å²) in [4.78, 5) is 11.2. The summed E-state index contributed by atoms with van der Waals surface area (Å²) in [5.74, 6) is 0. The third kappa shape index (κ3) is 2.93. The number of hydrogen-bond donors (Lipinski definition) is 2. The molecule has 0 aliphatic carbocycles. The predicted molar refractivity (Wildman–Crippen MR) is 91.7 cm³/mol. The third-order valence-corrected chi connectivity index (χ3v) is 4.75. The molecular weight excluding hydrogens is 290 g/mol. The first-order valence-electron chi connectivity index (χ1n) is 8.20. The van der Waals surface area contributed by atoms with E-state index in [0.717, 1.165) is 13.0 Å². The van der Waals surface area contributed by atoms with Crippen LogP contribution in [-0.2, 0) is 23.1 Å². The standard InChI is InChI=1S/C18H25N3O2/c1-4-21-9-15(18(2,3)11-19)14-8-12(5-6-16(14)21)7-13-10-23-17(22)20-13/h5-6,8-9,13H,4,7,10-11,19H2,1-3H3,(H,20,22). The lowest BCUT2D eigenvalue weighted by Crippen LogP contribution is -2.28. The van der Waals surface area contributed by atoms with Gasteiger partial charge in [0, 0.05) is 35.6 Å². The van der Waals surface area contributed by atoms with E-state index >= 15 is 0 Å². The topological polar surface area (TPSA) is 69.3 Å². The van der Waals surface area contributed by atoms with Crippen molar-refractivity contribution in [2.24, 2.45) is 5.73 Å². The average molecular weight is 315 g/mol. The monoisotopic (exact) mass is 315 g/mol. The van der Waals surface area contributed by atoms with Crippen LogP contribution in [-0.4, -0.2) is 29.9 Å². The number of nitrogens with one attached hydrogen (secondary N) is 1. The number of aryl methyl sites for hydroxylation is 1. The van der Waals surface area contributed by atoms with Crippen molar-refractivity contribution in [2.45, 2.75) is 45.2 Å². The summed E-state index contributed by atoms with van der Waals surface area (Å²) in [5.41, 5.74) is 9.65. The molecule has 1 aromatic heterocycles. The van der Waals surface area contributed by atoms with Crippen LogP contribution in [0, 0.1) is 0 Å². The van der Waals surface area contributed by atoms with Gasteiger partial charge in [-0.2, -0.15) is 0 Å². The highest BCUT2D eigenvalue weighted by Crippen LogP contribution is 2.32. The zero-order chi connectivity index (χ0) is 16.6. The lowest BCUT2D eigenvalue weighted by atomic mass is 9.84. The van der Waals surface area contributed by atoms with E-state index in [4.69, 9.17) is 10.5 Å². The van der Waals surface area contributed by atoms with Crippen LogP contribution in [0.15, 0.2) is 24.4 Å². The van der Waals surface area contributed by atoms with Crippen molar-refractivity contribution in [1.29, 1.82) is 0 Å². The van der Waals surface area contributed by atoms with E-state index in [1.807, 2.05) is 0 Å². The molecule has 5 nitrogen and oxygen atoms in total. The van der Waals surface area contributed by atoms with Gasteiger partial charge in [-0.05, 0) is 36.6 Å². The Labute approximate surface area is 136 Å². The molecule has 1 atom stereocenters. The Morgan fingerprint density at radius 3 is 2.83 bits per heavy atom. The van der Waals surface area contributed by atoms with Crippen LogP contribution in [0.1, 0.15) is 31.9 Å². The van der Waals surface area contributed by atoms with Crippen LogP contribution in [0.2, 0.25) is 0 Å². The first kappa shape index (κ1) is 15.9. The quantitative estimate of drug-likeness (QED) is 0.891. The third-order valence-electron chi connectivity index (χ3n) is 4.75. The summed E-state index contributed by atoms with van der Waals surface area (Å²) in [5, 5.41) is 4.09. The summed E-state index contributed by atoms with van der Waals surface area (Å²) in [6, 6.07) is 6.60. The lowest BCUT2D eigenvalue weighted by Gasteiger charge is -2.22. The number of rotatable bonds is 5. The Morgan fingerprint density at radius 1 is 1.43 bits per heavy atom. The Balaban J connectivity index is 2.00. The van der Waals surface area contributed by atoms with Crippen LogP contribution in [0.5, 0.6) is 0 Å². The molecule has 1 aromatic carbocycles. The predicted octanol–water partition coefficient (Wildman–Crippen LogP) is 2.55. The van der Waals surface area contributed by atoms with Gasteiger partial charge in [0.2, 0.25) is 0 Å². The number of carbonyl (C=O) groups is 1. The molecule has 1 unspecified atom stereocenters. The van der Waals surface area contributed by atoms with Gasteiger partial charge in [0.25, 0.3) is 0 Å². The number of amides is 1. The van der Waals surface area contributed by atoms with Crippen molar-refractivity contribution in [3.8, 4) is 0 Å². The van der Waals surface area contributed by atoms with E-state index in [0.29, 0.717) is 13.2 Å². The molecule has 1 aliphatic rings. The molecule has 1 saturated heterocycles. The van der Waals surface area contributed by atoms with Crippen LogP contribution in [0.25, 0.3) is 10.9 Å². The minimum atomic E-state index is -0.321. The SMILES string of the molecule is CCn1cc(C(C)(C)CN)c2cc(CC3COC(=O)N3)ccc21. The number of hydrogen-bond acceptors (Lipinski definition) is 3. The fourth-order valence-electron chi connectivity index (χ4n) is 3.20. The van der Waals surface area contributed by atoms with Crippen molar-refractivity contribution in [2.75, 3.05) is 13.2 Å². The number of fused-ring (bicyclic) bond motifs is 1. The van der Waals surface area contributed by atoms with Crippen LogP contribution in [0.3, 0.4) is 0 Å². The highest BCUT2D eigenvalue weighted by molar-refractivity contribution is 5.86. The summed E-state index contributed by atoms with van der Waals surface area (Å²) in [6.07, 6.45) is 2.68. The summed E-state index contributed by atoms with van der Waals surface area (Å²) >= 11 is 0. The van der Waals surface area contributed by atoms with Gasteiger partial charge < -0.3 is 20.4 Å². The maximum atomic E-state index is 11.2. The van der Waals surface area contributed by atoms with Gasteiger partial charge in [0.1, 0.15) is 6.61 Å². The number of carbonyl (C=O) groups excluding carboxylic acids is 1. The fourth-order valence-corrected chi connectivity index (χ4v) is 3.20. The van der Waals surface area contributed by atoms with Crippen molar-refractivity contribution >= 4 is 17.0 Å². The summed E-state index contributed by atoms with van der Waals surface area (Å²) in [7, 11) is 0. The molecule has 23 heavy (non-hydrogen) atoms. The number of ether oxygens (including phenoxy) is 1. The van der Waals surface area contributed by atoms with Crippen molar-refractivity contribution in [1.82, 2.24) is 9.88 Å². The number of nitrogens with zero attached hydrogens (tertiary/aromatic N) is 1. The normalized spacial score (nSPS) is 18.3. The Bertz CT molecular complexity index is 733. The molecule has 2 heterocycles. The second-order valence-corrected chi connectivity index (χ2v) is 6.91. The molecular formula is C18H25N3O2. The molecule has 0 bridgehead atoms. The van der Waals surface area contributed by atoms with Crippen LogP contribution >= 0.6 is 0 Å². The lowest BCUT2D eigenvalue weighted by molar-refractivity contribution is 0.177. The van der Waals surface area contributed by atoms with E-state index in [2.05, 4.69) is 55.1 Å². The number of benzene rings is 1. The zero-order valence-electron chi connectivity index (χ0n) is 14.1. The Kier molecular flexibility index (Phi) is 4.06. The molecule has 0 radical (unpaired) electrons. The minimum Gasteiger partial charge on any atom is -0.447 e. The molecule has 3 N–H and O–H groups in total.